The first kappa shape index (κ1) is 19.4. The number of anilines is 3. The van der Waals surface area contributed by atoms with Crippen molar-refractivity contribution in [3.8, 4) is 0 Å². The number of pyridine rings is 1. The van der Waals surface area contributed by atoms with Gasteiger partial charge in [-0.15, -0.1) is 0 Å². The molecule has 0 atom stereocenters. The fraction of sp³-hybridized carbons (Fsp3) is 0.143. The number of amides is 1. The van der Waals surface area contributed by atoms with E-state index < -0.39 is 17.6 Å². The molecule has 1 heterocycles. The first-order valence-electron chi connectivity index (χ1n) is 8.52. The number of rotatable bonds is 4. The van der Waals surface area contributed by atoms with Gasteiger partial charge in [0.05, 0.1) is 11.1 Å². The zero-order valence-corrected chi connectivity index (χ0v) is 15.3. The monoisotopic (exact) mass is 385 g/mol. The minimum Gasteiger partial charge on any atom is -0.340 e. The van der Waals surface area contributed by atoms with Crippen LogP contribution in [0.25, 0.3) is 0 Å². The first-order chi connectivity index (χ1) is 13.3. The number of benzene rings is 2. The summed E-state index contributed by atoms with van der Waals surface area (Å²) in [6.07, 6.45) is -2.99. The van der Waals surface area contributed by atoms with E-state index in [-0.39, 0.29) is 17.1 Å². The Hall–Kier alpha value is -3.35. The van der Waals surface area contributed by atoms with Crippen LogP contribution in [0.4, 0.5) is 30.4 Å². The van der Waals surface area contributed by atoms with Crippen molar-refractivity contribution in [1.29, 1.82) is 0 Å². The van der Waals surface area contributed by atoms with Gasteiger partial charge >= 0.3 is 6.18 Å². The fourth-order valence-electron chi connectivity index (χ4n) is 2.79. The number of aromatic nitrogens is 1. The van der Waals surface area contributed by atoms with Crippen LogP contribution in [-0.2, 0) is 6.18 Å². The summed E-state index contributed by atoms with van der Waals surface area (Å²) in [5.41, 5.74) is 2.14. The van der Waals surface area contributed by atoms with Crippen molar-refractivity contribution >= 4 is 23.1 Å². The van der Waals surface area contributed by atoms with Gasteiger partial charge in [-0.2, -0.15) is 13.2 Å². The van der Waals surface area contributed by atoms with E-state index >= 15 is 0 Å². The Kier molecular flexibility index (Phi) is 5.35. The molecule has 1 aromatic heterocycles. The number of nitrogens with zero attached hydrogens (tertiary/aromatic N) is 1. The number of nitrogens with one attached hydrogen (secondary N) is 2. The summed E-state index contributed by atoms with van der Waals surface area (Å²) < 4.78 is 38.8. The summed E-state index contributed by atoms with van der Waals surface area (Å²) in [5, 5.41) is 5.67. The normalized spacial score (nSPS) is 11.2. The van der Waals surface area contributed by atoms with Crippen molar-refractivity contribution < 1.29 is 18.0 Å². The molecule has 0 spiro atoms. The lowest BCUT2D eigenvalue weighted by atomic mass is 10.1. The van der Waals surface area contributed by atoms with Crippen LogP contribution < -0.4 is 10.6 Å². The van der Waals surface area contributed by atoms with Crippen LogP contribution in [0.1, 0.15) is 27.0 Å². The highest BCUT2D eigenvalue weighted by molar-refractivity contribution is 6.08. The van der Waals surface area contributed by atoms with Crippen molar-refractivity contribution in [2.45, 2.75) is 20.0 Å². The number of para-hydroxylation sites is 1. The molecule has 2 aromatic carbocycles. The summed E-state index contributed by atoms with van der Waals surface area (Å²) in [7, 11) is 0. The van der Waals surface area contributed by atoms with Gasteiger partial charge in [-0.3, -0.25) is 4.79 Å². The molecule has 144 valence electrons. The molecule has 0 aliphatic heterocycles. The maximum atomic E-state index is 12.9. The lowest BCUT2D eigenvalue weighted by Gasteiger charge is -2.15. The minimum absolute atomic E-state index is 0.172. The number of hydrogen-bond donors (Lipinski definition) is 2. The zero-order chi connectivity index (χ0) is 20.3. The van der Waals surface area contributed by atoms with Crippen molar-refractivity contribution in [2.75, 3.05) is 10.6 Å². The van der Waals surface area contributed by atoms with Crippen LogP contribution in [0.2, 0.25) is 0 Å². The van der Waals surface area contributed by atoms with Crippen molar-refractivity contribution in [1.82, 2.24) is 4.98 Å². The van der Waals surface area contributed by atoms with Crippen LogP contribution in [0.15, 0.2) is 60.8 Å². The van der Waals surface area contributed by atoms with Gasteiger partial charge < -0.3 is 10.6 Å². The number of alkyl halides is 3. The van der Waals surface area contributed by atoms with Crippen LogP contribution in [0.5, 0.6) is 0 Å². The average molecular weight is 385 g/mol. The Bertz CT molecular complexity index is 996. The fourth-order valence-corrected chi connectivity index (χ4v) is 2.79. The standard InChI is InChI=1S/C21H18F3N3O/c1-13-6-3-7-14(2)18(13)27-20(28)17-10-5-11-25-19(17)26-16-9-4-8-15(12-16)21(22,23)24/h3-12H,1-2H3,(H,25,26)(H,27,28). The smallest absolute Gasteiger partial charge is 0.340 e. The molecule has 0 saturated carbocycles. The highest BCUT2D eigenvalue weighted by Crippen LogP contribution is 2.31. The lowest BCUT2D eigenvalue weighted by Crippen LogP contribution is -2.16. The van der Waals surface area contributed by atoms with Gasteiger partial charge in [0, 0.05) is 17.6 Å². The summed E-state index contributed by atoms with van der Waals surface area (Å²) in [4.78, 5) is 16.9. The van der Waals surface area contributed by atoms with E-state index in [1.54, 1.807) is 12.1 Å². The Morgan fingerprint density at radius 2 is 1.64 bits per heavy atom. The molecule has 0 radical (unpaired) electrons. The summed E-state index contributed by atoms with van der Waals surface area (Å²) >= 11 is 0. The topological polar surface area (TPSA) is 54.0 Å². The highest BCUT2D eigenvalue weighted by atomic mass is 19.4. The predicted octanol–water partition coefficient (Wildman–Crippen LogP) is 5.71. The van der Waals surface area contributed by atoms with Gasteiger partial charge in [-0.05, 0) is 55.3 Å². The largest absolute Gasteiger partial charge is 0.416 e. The molecule has 0 saturated heterocycles. The van der Waals surface area contributed by atoms with Gasteiger partial charge in [0.25, 0.3) is 5.91 Å². The second-order valence-corrected chi connectivity index (χ2v) is 6.32. The molecule has 4 nitrogen and oxygen atoms in total. The summed E-state index contributed by atoms with van der Waals surface area (Å²) in [6, 6.07) is 13.6. The maximum absolute atomic E-state index is 12.9. The van der Waals surface area contributed by atoms with Crippen molar-refractivity contribution in [3.63, 3.8) is 0 Å². The van der Waals surface area contributed by atoms with E-state index in [2.05, 4.69) is 15.6 Å². The molecule has 28 heavy (non-hydrogen) atoms. The molecular formula is C21H18F3N3O. The average Bonchev–Trinajstić information content (AvgIpc) is 2.65. The minimum atomic E-state index is -4.45. The molecule has 0 bridgehead atoms. The van der Waals surface area contributed by atoms with E-state index in [1.165, 1.54) is 18.3 Å². The molecule has 3 aromatic rings. The van der Waals surface area contributed by atoms with Gasteiger partial charge in [0.2, 0.25) is 0 Å². The van der Waals surface area contributed by atoms with Crippen LogP contribution in [0, 0.1) is 13.8 Å². The molecule has 1 amide bonds. The molecular weight excluding hydrogens is 367 g/mol. The molecule has 7 heteroatoms. The molecule has 2 N–H and O–H groups in total. The number of carbonyl (C=O) groups is 1. The van der Waals surface area contributed by atoms with Crippen LogP contribution in [0.3, 0.4) is 0 Å². The second kappa shape index (κ2) is 7.72. The SMILES string of the molecule is Cc1cccc(C)c1NC(=O)c1cccnc1Nc1cccc(C(F)(F)F)c1. The first-order valence-corrected chi connectivity index (χ1v) is 8.52. The molecule has 0 fully saturated rings. The van der Waals surface area contributed by atoms with Crippen LogP contribution >= 0.6 is 0 Å². The van der Waals surface area contributed by atoms with Crippen LogP contribution in [-0.4, -0.2) is 10.9 Å². The quantitative estimate of drug-likeness (QED) is 0.605. The highest BCUT2D eigenvalue weighted by Gasteiger charge is 2.30. The van der Waals surface area contributed by atoms with Gasteiger partial charge in [-0.1, -0.05) is 24.3 Å². The molecule has 0 aliphatic carbocycles. The zero-order valence-electron chi connectivity index (χ0n) is 15.3. The van der Waals surface area contributed by atoms with E-state index in [4.69, 9.17) is 0 Å². The van der Waals surface area contributed by atoms with Gasteiger partial charge in [-0.25, -0.2) is 4.98 Å². The van der Waals surface area contributed by atoms with Gasteiger partial charge in [0.1, 0.15) is 5.82 Å². The Labute approximate surface area is 160 Å². The Balaban J connectivity index is 1.89. The Morgan fingerprint density at radius 3 is 2.32 bits per heavy atom. The van der Waals surface area contributed by atoms with E-state index in [0.717, 1.165) is 23.3 Å². The lowest BCUT2D eigenvalue weighted by molar-refractivity contribution is -0.137. The van der Waals surface area contributed by atoms with E-state index in [1.807, 2.05) is 32.0 Å². The molecule has 0 unspecified atom stereocenters. The Morgan fingerprint density at radius 1 is 0.964 bits per heavy atom. The van der Waals surface area contributed by atoms with E-state index in [0.29, 0.717) is 5.69 Å². The third-order valence-corrected chi connectivity index (χ3v) is 4.22. The van der Waals surface area contributed by atoms with E-state index in [9.17, 15) is 18.0 Å². The summed E-state index contributed by atoms with van der Waals surface area (Å²) in [5.74, 6) is -0.231. The number of aryl methyl sites for hydroxylation is 2. The number of carbonyl (C=O) groups excluding carboxylic acids is 1. The molecule has 0 aliphatic rings. The number of halogens is 3. The third-order valence-electron chi connectivity index (χ3n) is 4.22. The van der Waals surface area contributed by atoms with Crippen molar-refractivity contribution in [2.24, 2.45) is 0 Å². The predicted molar refractivity (Wildman–Crippen MR) is 103 cm³/mol. The maximum Gasteiger partial charge on any atom is 0.416 e. The number of hydrogen-bond acceptors (Lipinski definition) is 3. The van der Waals surface area contributed by atoms with Crippen molar-refractivity contribution in [3.05, 3.63) is 83.0 Å². The second-order valence-electron chi connectivity index (χ2n) is 6.32. The summed E-state index contributed by atoms with van der Waals surface area (Å²) in [6.45, 7) is 3.77. The third kappa shape index (κ3) is 4.31. The van der Waals surface area contributed by atoms with Gasteiger partial charge in [0.15, 0.2) is 0 Å². The molecule has 3 rings (SSSR count).